The van der Waals surface area contributed by atoms with E-state index < -0.39 is 0 Å². The number of nitrogens with zero attached hydrogens (tertiary/aromatic N) is 4. The highest BCUT2D eigenvalue weighted by molar-refractivity contribution is 5.94. The summed E-state index contributed by atoms with van der Waals surface area (Å²) in [5.41, 5.74) is 1.68. The Hall–Kier alpha value is -2.91. The number of benzene rings is 1. The summed E-state index contributed by atoms with van der Waals surface area (Å²) in [6.07, 6.45) is 7.40. The Balaban J connectivity index is 1.50. The molecule has 2 amide bonds. The van der Waals surface area contributed by atoms with Gasteiger partial charge >= 0.3 is 6.03 Å². The van der Waals surface area contributed by atoms with Crippen molar-refractivity contribution >= 4 is 12.0 Å². The average molecular weight is 376 g/mol. The van der Waals surface area contributed by atoms with Crippen molar-refractivity contribution in [2.45, 2.75) is 37.8 Å². The summed E-state index contributed by atoms with van der Waals surface area (Å²) in [7, 11) is 1.69. The fraction of sp³-hybridized carbons (Fsp3) is 0.409. The van der Waals surface area contributed by atoms with Gasteiger partial charge in [0.2, 0.25) is 5.95 Å². The lowest BCUT2D eigenvalue weighted by Crippen LogP contribution is -2.37. The fourth-order valence-corrected chi connectivity index (χ4v) is 4.06. The van der Waals surface area contributed by atoms with Gasteiger partial charge in [0, 0.05) is 38.2 Å². The molecular formula is C22H24N4O2. The molecule has 2 atom stereocenters. The molecule has 1 aliphatic heterocycles. The number of rotatable bonds is 5. The number of methoxy groups -OCH3 is 1. The number of amides is 2. The van der Waals surface area contributed by atoms with Crippen LogP contribution in [-0.4, -0.2) is 53.2 Å². The second-order valence-electron chi connectivity index (χ2n) is 7.15. The van der Waals surface area contributed by atoms with E-state index in [1.54, 1.807) is 24.4 Å². The first-order chi connectivity index (χ1) is 13.8. The van der Waals surface area contributed by atoms with E-state index in [0.29, 0.717) is 19.1 Å². The van der Waals surface area contributed by atoms with Crippen molar-refractivity contribution in [3.05, 3.63) is 53.9 Å². The molecule has 2 heterocycles. The lowest BCUT2D eigenvalue weighted by Gasteiger charge is -2.21. The Labute approximate surface area is 165 Å². The van der Waals surface area contributed by atoms with Crippen LogP contribution in [0.1, 0.15) is 36.8 Å². The lowest BCUT2D eigenvalue weighted by atomic mass is 10.1. The smallest absolute Gasteiger partial charge is 0.327 e. The number of urea groups is 1. The van der Waals surface area contributed by atoms with Crippen LogP contribution in [0.2, 0.25) is 0 Å². The van der Waals surface area contributed by atoms with E-state index in [1.807, 2.05) is 35.2 Å². The van der Waals surface area contributed by atoms with Crippen LogP contribution in [0.4, 0.5) is 10.7 Å². The third kappa shape index (κ3) is 3.71. The molecule has 0 spiro atoms. The molecule has 6 nitrogen and oxygen atoms in total. The number of carbonyl (C=O) groups excluding carboxylic acids is 1. The third-order valence-corrected chi connectivity index (χ3v) is 5.35. The number of hydrogen-bond acceptors (Lipinski definition) is 4. The first kappa shape index (κ1) is 18.5. The zero-order valence-electron chi connectivity index (χ0n) is 16.0. The van der Waals surface area contributed by atoms with Gasteiger partial charge in [-0.05, 0) is 37.8 Å². The molecule has 4 rings (SSSR count). The van der Waals surface area contributed by atoms with Gasteiger partial charge in [0.15, 0.2) is 0 Å². The zero-order valence-corrected chi connectivity index (χ0v) is 16.0. The summed E-state index contributed by atoms with van der Waals surface area (Å²) in [4.78, 5) is 25.7. The maximum absolute atomic E-state index is 13.0. The Bertz CT molecular complexity index is 873. The van der Waals surface area contributed by atoms with Gasteiger partial charge in [-0.15, -0.1) is 0 Å². The highest BCUT2D eigenvalue weighted by Crippen LogP contribution is 2.37. The molecule has 0 radical (unpaired) electrons. The molecule has 0 bridgehead atoms. The van der Waals surface area contributed by atoms with Crippen molar-refractivity contribution in [3.63, 3.8) is 0 Å². The minimum absolute atomic E-state index is 0.00826. The van der Waals surface area contributed by atoms with Crippen molar-refractivity contribution in [1.29, 1.82) is 0 Å². The first-order valence-electron chi connectivity index (χ1n) is 9.76. The van der Waals surface area contributed by atoms with E-state index in [4.69, 9.17) is 4.74 Å². The van der Waals surface area contributed by atoms with E-state index in [2.05, 4.69) is 21.8 Å². The predicted octanol–water partition coefficient (Wildman–Crippen LogP) is 3.08. The molecule has 6 heteroatoms. The Morgan fingerprint density at radius 2 is 1.79 bits per heavy atom. The lowest BCUT2D eigenvalue weighted by molar-refractivity contribution is 0.167. The number of hydrogen-bond donors (Lipinski definition) is 0. The Morgan fingerprint density at radius 3 is 2.54 bits per heavy atom. The van der Waals surface area contributed by atoms with Crippen molar-refractivity contribution in [2.24, 2.45) is 0 Å². The molecule has 0 N–H and O–H groups in total. The van der Waals surface area contributed by atoms with Gasteiger partial charge in [0.1, 0.15) is 0 Å². The summed E-state index contributed by atoms with van der Waals surface area (Å²) in [6.45, 7) is 1.37. The number of fused-ring (bicyclic) bond motifs is 1. The highest BCUT2D eigenvalue weighted by Gasteiger charge is 2.49. The van der Waals surface area contributed by atoms with E-state index in [1.165, 1.54) is 0 Å². The van der Waals surface area contributed by atoms with Crippen LogP contribution >= 0.6 is 0 Å². The molecule has 1 saturated carbocycles. The Kier molecular flexibility index (Phi) is 5.54. The van der Waals surface area contributed by atoms with Crippen molar-refractivity contribution in [2.75, 3.05) is 25.2 Å². The second kappa shape index (κ2) is 8.41. The van der Waals surface area contributed by atoms with Gasteiger partial charge in [0.05, 0.1) is 17.6 Å². The molecule has 1 aliphatic carbocycles. The van der Waals surface area contributed by atoms with Crippen molar-refractivity contribution < 1.29 is 9.53 Å². The summed E-state index contributed by atoms with van der Waals surface area (Å²) >= 11 is 0. The van der Waals surface area contributed by atoms with Crippen LogP contribution in [0.15, 0.2) is 42.7 Å². The molecular weight excluding hydrogens is 352 g/mol. The number of ether oxygens (including phenoxy) is 1. The van der Waals surface area contributed by atoms with Gasteiger partial charge in [-0.2, -0.15) is 0 Å². The second-order valence-corrected chi connectivity index (χ2v) is 7.15. The predicted molar refractivity (Wildman–Crippen MR) is 107 cm³/mol. The number of carbonyl (C=O) groups is 1. The summed E-state index contributed by atoms with van der Waals surface area (Å²) in [6, 6.07) is 10.2. The zero-order chi connectivity index (χ0) is 19.3. The first-order valence-corrected chi connectivity index (χ1v) is 9.76. The topological polar surface area (TPSA) is 58.6 Å². The molecule has 1 aromatic carbocycles. The number of anilines is 1. The van der Waals surface area contributed by atoms with Gasteiger partial charge < -0.3 is 9.64 Å². The minimum atomic E-state index is 0.00826. The van der Waals surface area contributed by atoms with Gasteiger partial charge in [0.25, 0.3) is 0 Å². The summed E-state index contributed by atoms with van der Waals surface area (Å²) < 4.78 is 5.14. The monoisotopic (exact) mass is 376 g/mol. The van der Waals surface area contributed by atoms with Crippen LogP contribution in [0.3, 0.4) is 0 Å². The van der Waals surface area contributed by atoms with Crippen molar-refractivity contribution in [1.82, 2.24) is 14.9 Å². The molecule has 28 heavy (non-hydrogen) atoms. The largest absolute Gasteiger partial charge is 0.385 e. The van der Waals surface area contributed by atoms with Crippen LogP contribution in [0.25, 0.3) is 0 Å². The molecule has 144 valence electrons. The highest BCUT2D eigenvalue weighted by atomic mass is 16.5. The average Bonchev–Trinajstić information content (AvgIpc) is 3.29. The van der Waals surface area contributed by atoms with Gasteiger partial charge in [-0.3, -0.25) is 4.90 Å². The maximum Gasteiger partial charge on any atom is 0.327 e. The standard InChI is InChI=1S/C22H24N4O2/c1-28-14-6-13-25-19-9-5-10-20(19)26(22(25)27)21-23-15-18(16-24-21)12-11-17-7-3-2-4-8-17/h2-4,7-8,15-16,19-20H,5-6,9-10,13-14H2,1H3. The van der Waals surface area contributed by atoms with E-state index in [0.717, 1.165) is 36.8 Å². The van der Waals surface area contributed by atoms with Gasteiger partial charge in [-0.1, -0.05) is 30.0 Å². The maximum atomic E-state index is 13.0. The Morgan fingerprint density at radius 1 is 1.07 bits per heavy atom. The minimum Gasteiger partial charge on any atom is -0.385 e. The summed E-state index contributed by atoms with van der Waals surface area (Å²) in [5.74, 6) is 6.65. The molecule has 1 aromatic heterocycles. The number of aromatic nitrogens is 2. The third-order valence-electron chi connectivity index (χ3n) is 5.35. The van der Waals surface area contributed by atoms with E-state index >= 15 is 0 Å². The van der Waals surface area contributed by atoms with Crippen LogP contribution in [-0.2, 0) is 4.74 Å². The molecule has 1 saturated heterocycles. The molecule has 2 unspecified atom stereocenters. The van der Waals surface area contributed by atoms with Crippen molar-refractivity contribution in [3.8, 4) is 11.8 Å². The van der Waals surface area contributed by atoms with Crippen LogP contribution < -0.4 is 4.90 Å². The summed E-state index contributed by atoms with van der Waals surface area (Å²) in [5, 5.41) is 0. The van der Waals surface area contributed by atoms with E-state index in [9.17, 15) is 4.79 Å². The quantitative estimate of drug-likeness (QED) is 0.594. The fourth-order valence-electron chi connectivity index (χ4n) is 4.06. The van der Waals surface area contributed by atoms with Crippen LogP contribution in [0, 0.1) is 11.8 Å². The van der Waals surface area contributed by atoms with Crippen LogP contribution in [0.5, 0.6) is 0 Å². The van der Waals surface area contributed by atoms with E-state index in [-0.39, 0.29) is 18.1 Å². The molecule has 2 aliphatic rings. The van der Waals surface area contributed by atoms with Gasteiger partial charge in [-0.25, -0.2) is 14.8 Å². The molecule has 2 aromatic rings. The normalized spacial score (nSPS) is 20.8. The molecule has 2 fully saturated rings. The SMILES string of the molecule is COCCCN1C(=O)N(c2ncc(C#Cc3ccccc3)cn2)C2CCCC21.